The number of carboxylic acids is 1. The third-order valence-electron chi connectivity index (χ3n) is 7.37. The van der Waals surface area contributed by atoms with Gasteiger partial charge in [0, 0.05) is 28.1 Å². The number of hydrogen-bond acceptors (Lipinski definition) is 6. The zero-order valence-corrected chi connectivity index (χ0v) is 22.2. The molecule has 204 valence electrons. The number of aliphatic carboxylic acids is 1. The molecule has 0 saturated carbocycles. The van der Waals surface area contributed by atoms with E-state index >= 15 is 0 Å². The van der Waals surface area contributed by atoms with Crippen LogP contribution in [0.5, 0.6) is 5.75 Å². The summed E-state index contributed by atoms with van der Waals surface area (Å²) in [7, 11) is 1.59. The molecule has 2 aromatic carbocycles. The molecular formula is C29H34F2N2O4S. The van der Waals surface area contributed by atoms with Crippen molar-refractivity contribution in [3.05, 3.63) is 65.9 Å². The predicted molar refractivity (Wildman–Crippen MR) is 144 cm³/mol. The molecule has 3 N–H and O–H groups in total. The second-order valence-corrected chi connectivity index (χ2v) is 11.2. The minimum Gasteiger partial charge on any atom is -0.497 e. The number of aliphatic hydroxyl groups excluding tert-OH is 1. The maximum atomic E-state index is 14.5. The summed E-state index contributed by atoms with van der Waals surface area (Å²) in [6, 6.07) is 11.5. The second-order valence-electron chi connectivity index (χ2n) is 9.86. The molecule has 38 heavy (non-hydrogen) atoms. The maximum absolute atomic E-state index is 14.5. The molecule has 0 amide bonds. The van der Waals surface area contributed by atoms with Crippen molar-refractivity contribution < 1.29 is 28.5 Å². The highest BCUT2D eigenvalue weighted by atomic mass is 32.2. The number of hydrogen-bond donors (Lipinski definition) is 3. The van der Waals surface area contributed by atoms with Gasteiger partial charge in [-0.05, 0) is 99.0 Å². The molecular weight excluding hydrogens is 510 g/mol. The average molecular weight is 545 g/mol. The van der Waals surface area contributed by atoms with E-state index in [9.17, 15) is 23.8 Å². The summed E-state index contributed by atoms with van der Waals surface area (Å²) in [5.41, 5.74) is 1.50. The van der Waals surface area contributed by atoms with Gasteiger partial charge in [0.05, 0.1) is 18.7 Å². The fourth-order valence-corrected chi connectivity index (χ4v) is 6.53. The van der Waals surface area contributed by atoms with Crippen molar-refractivity contribution in [2.75, 3.05) is 20.2 Å². The van der Waals surface area contributed by atoms with E-state index in [4.69, 9.17) is 4.74 Å². The first-order chi connectivity index (χ1) is 18.4. The van der Waals surface area contributed by atoms with Gasteiger partial charge in [0.2, 0.25) is 0 Å². The van der Waals surface area contributed by atoms with Crippen LogP contribution in [0.3, 0.4) is 0 Å². The van der Waals surface area contributed by atoms with Crippen LogP contribution in [0.1, 0.15) is 50.2 Å². The molecule has 0 aliphatic carbocycles. The number of pyridine rings is 1. The van der Waals surface area contributed by atoms with Gasteiger partial charge < -0.3 is 20.3 Å². The number of nitrogens with zero attached hydrogens (tertiary/aromatic N) is 1. The van der Waals surface area contributed by atoms with Crippen LogP contribution < -0.4 is 10.1 Å². The SMILES string of the molecule is COc1ccc2nccc([C@@H](O)CCC(CC[C@@H]3CCNC[C@@H]3CC(=O)O)Sc3cccc(F)c3F)c2c1. The van der Waals surface area contributed by atoms with Crippen LogP contribution in [0.4, 0.5) is 8.78 Å². The molecule has 1 saturated heterocycles. The van der Waals surface area contributed by atoms with Crippen molar-refractivity contribution in [2.24, 2.45) is 11.8 Å². The van der Waals surface area contributed by atoms with E-state index in [1.54, 1.807) is 25.4 Å². The highest BCUT2D eigenvalue weighted by Crippen LogP contribution is 2.37. The number of carbonyl (C=O) groups is 1. The number of methoxy groups -OCH3 is 1. The topological polar surface area (TPSA) is 91.7 Å². The molecule has 0 bridgehead atoms. The van der Waals surface area contributed by atoms with Gasteiger partial charge in [0.1, 0.15) is 5.75 Å². The average Bonchev–Trinajstić information content (AvgIpc) is 2.92. The Bertz CT molecular complexity index is 1240. The van der Waals surface area contributed by atoms with Crippen LogP contribution >= 0.6 is 11.8 Å². The maximum Gasteiger partial charge on any atom is 0.303 e. The lowest BCUT2D eigenvalue weighted by Crippen LogP contribution is -2.38. The molecule has 1 aromatic heterocycles. The quantitative estimate of drug-likeness (QED) is 0.242. The number of carboxylic acid groups (broad SMARTS) is 1. The largest absolute Gasteiger partial charge is 0.497 e. The molecule has 4 rings (SSSR count). The van der Waals surface area contributed by atoms with Crippen molar-refractivity contribution in [2.45, 2.75) is 54.8 Å². The summed E-state index contributed by atoms with van der Waals surface area (Å²) >= 11 is 1.29. The Labute approximate surface area is 225 Å². The van der Waals surface area contributed by atoms with Gasteiger partial charge in [-0.2, -0.15) is 0 Å². The van der Waals surface area contributed by atoms with E-state index in [2.05, 4.69) is 10.3 Å². The number of piperidine rings is 1. The summed E-state index contributed by atoms with van der Waals surface area (Å²) in [6.07, 6.45) is 4.40. The third kappa shape index (κ3) is 7.21. The van der Waals surface area contributed by atoms with Gasteiger partial charge in [-0.3, -0.25) is 9.78 Å². The fraction of sp³-hybridized carbons (Fsp3) is 0.448. The number of benzene rings is 2. The molecule has 3 aromatic rings. The molecule has 1 fully saturated rings. The summed E-state index contributed by atoms with van der Waals surface area (Å²) in [5, 5.41) is 24.5. The minimum atomic E-state index is -0.883. The molecule has 1 aliphatic rings. The minimum absolute atomic E-state index is 0.0431. The number of aromatic nitrogens is 1. The van der Waals surface area contributed by atoms with Crippen molar-refractivity contribution in [1.82, 2.24) is 10.3 Å². The van der Waals surface area contributed by atoms with Crippen LogP contribution in [0.2, 0.25) is 0 Å². The van der Waals surface area contributed by atoms with Gasteiger partial charge in [-0.1, -0.05) is 6.07 Å². The molecule has 0 spiro atoms. The van der Waals surface area contributed by atoms with E-state index in [1.165, 1.54) is 17.8 Å². The summed E-state index contributed by atoms with van der Waals surface area (Å²) in [6.45, 7) is 1.51. The first kappa shape index (κ1) is 28.3. The number of aliphatic hydroxyl groups is 1. The number of halogens is 2. The summed E-state index contributed by atoms with van der Waals surface area (Å²) < 4.78 is 33.8. The number of ether oxygens (including phenoxy) is 1. The van der Waals surface area contributed by atoms with E-state index in [0.717, 1.165) is 41.9 Å². The van der Waals surface area contributed by atoms with Crippen LogP contribution in [0.25, 0.3) is 10.9 Å². The molecule has 2 heterocycles. The van der Waals surface area contributed by atoms with Crippen LogP contribution in [-0.4, -0.2) is 46.6 Å². The Morgan fingerprint density at radius 2 is 2.03 bits per heavy atom. The second kappa shape index (κ2) is 13.4. The number of thioether (sulfide) groups is 1. The third-order valence-corrected chi connectivity index (χ3v) is 8.75. The van der Waals surface area contributed by atoms with Crippen LogP contribution in [-0.2, 0) is 4.79 Å². The van der Waals surface area contributed by atoms with Gasteiger partial charge in [0.25, 0.3) is 0 Å². The van der Waals surface area contributed by atoms with Crippen molar-refractivity contribution >= 4 is 28.6 Å². The molecule has 6 nitrogen and oxygen atoms in total. The molecule has 1 aliphatic heterocycles. The summed E-state index contributed by atoms with van der Waals surface area (Å²) in [4.78, 5) is 16.0. The van der Waals surface area contributed by atoms with Gasteiger partial charge in [0.15, 0.2) is 11.6 Å². The smallest absolute Gasteiger partial charge is 0.303 e. The van der Waals surface area contributed by atoms with E-state index in [1.807, 2.05) is 18.2 Å². The zero-order chi connectivity index (χ0) is 27.1. The molecule has 4 atom stereocenters. The predicted octanol–water partition coefficient (Wildman–Crippen LogP) is 5.98. The lowest BCUT2D eigenvalue weighted by molar-refractivity contribution is -0.138. The first-order valence-electron chi connectivity index (χ1n) is 13.0. The van der Waals surface area contributed by atoms with Gasteiger partial charge >= 0.3 is 5.97 Å². The monoisotopic (exact) mass is 544 g/mol. The normalized spacial score (nSPS) is 19.3. The van der Waals surface area contributed by atoms with Crippen molar-refractivity contribution in [1.29, 1.82) is 0 Å². The van der Waals surface area contributed by atoms with Gasteiger partial charge in [-0.15, -0.1) is 11.8 Å². The van der Waals surface area contributed by atoms with Crippen molar-refractivity contribution in [3.8, 4) is 5.75 Å². The first-order valence-corrected chi connectivity index (χ1v) is 13.9. The van der Waals surface area contributed by atoms with Crippen LogP contribution in [0.15, 0.2) is 53.6 Å². The summed E-state index contributed by atoms with van der Waals surface area (Å²) in [5.74, 6) is -1.59. The Morgan fingerprint density at radius 1 is 1.18 bits per heavy atom. The Morgan fingerprint density at radius 3 is 2.82 bits per heavy atom. The molecule has 0 radical (unpaired) electrons. The number of rotatable bonds is 12. The van der Waals surface area contributed by atoms with Crippen LogP contribution in [0, 0.1) is 23.5 Å². The zero-order valence-electron chi connectivity index (χ0n) is 21.4. The Balaban J connectivity index is 1.49. The van der Waals surface area contributed by atoms with Crippen molar-refractivity contribution in [3.63, 3.8) is 0 Å². The Hall–Kier alpha value is -2.75. The molecule has 1 unspecified atom stereocenters. The lowest BCUT2D eigenvalue weighted by Gasteiger charge is -2.32. The number of fused-ring (bicyclic) bond motifs is 1. The number of nitrogens with one attached hydrogen (secondary N) is 1. The standard InChI is InChI=1S/C29H34F2N2O4S/c1-37-20-6-9-25-23(16-20)22(12-14-33-25)26(34)10-8-21(38-27-4-2-3-24(30)29(27)31)7-5-18-11-13-32-17-19(18)15-28(35)36/h2-4,6,9,12,14,16,18-19,21,26,32,34H,5,7-8,10-11,13,15,17H2,1H3,(H,35,36)/t18-,19+,21?,26+/m1/s1. The van der Waals surface area contributed by atoms with E-state index in [0.29, 0.717) is 31.6 Å². The highest BCUT2D eigenvalue weighted by Gasteiger charge is 2.28. The highest BCUT2D eigenvalue weighted by molar-refractivity contribution is 8.00. The van der Waals surface area contributed by atoms with Gasteiger partial charge in [-0.25, -0.2) is 8.78 Å². The molecule has 9 heteroatoms. The Kier molecular flexibility index (Phi) is 9.93. The van der Waals surface area contributed by atoms with E-state index in [-0.39, 0.29) is 28.4 Å². The lowest BCUT2D eigenvalue weighted by atomic mass is 9.80. The van der Waals surface area contributed by atoms with E-state index < -0.39 is 23.7 Å². The fourth-order valence-electron chi connectivity index (χ4n) is 5.30.